The number of oxime groups is 1. The van der Waals surface area contributed by atoms with Gasteiger partial charge in [0.1, 0.15) is 13.8 Å². The number of carboxylic acid groups (broad SMARTS) is 1. The highest BCUT2D eigenvalue weighted by Crippen LogP contribution is 2.43. The molecule has 0 saturated carbocycles. The van der Waals surface area contributed by atoms with Gasteiger partial charge in [-0.1, -0.05) is 41.6 Å². The number of aliphatic hydroxyl groups excluding tert-OH is 1. The SMILES string of the molecule is CO/N=C(/C(=O)O)c1nsc(N)n1.Nc1nc(C(=NCO)C(=O)Sc2nc3ccccc3s2)ns1.c1ccc2sc(SSc3nc4ccccc4s3)nc2c1. The number of aliphatic hydroxyl groups is 1. The van der Waals surface area contributed by atoms with Crippen molar-refractivity contribution in [3.05, 3.63) is 84.4 Å². The lowest BCUT2D eigenvalue weighted by atomic mass is 10.3. The summed E-state index contributed by atoms with van der Waals surface area (Å²) in [6, 6.07) is 24.1. The number of anilines is 2. The molecule has 3 aromatic carbocycles. The monoisotopic (exact) mass is 885 g/mol. The minimum atomic E-state index is -1.26. The molecule has 24 heteroatoms. The summed E-state index contributed by atoms with van der Waals surface area (Å²) in [6.45, 7) is -0.527. The molecular formula is C31H23N11O5S8. The van der Waals surface area contributed by atoms with Crippen LogP contribution in [0.1, 0.15) is 11.6 Å². The molecule has 0 amide bonds. The normalized spacial score (nSPS) is 11.6. The number of thiazole rings is 3. The number of nitrogen functional groups attached to an aromatic ring is 2. The van der Waals surface area contributed by atoms with E-state index in [-0.39, 0.29) is 38.5 Å². The van der Waals surface area contributed by atoms with Crippen LogP contribution >= 0.6 is 90.4 Å². The van der Waals surface area contributed by atoms with Gasteiger partial charge in [-0.05, 0) is 69.7 Å². The molecule has 8 aromatic rings. The van der Waals surface area contributed by atoms with E-state index in [0.717, 1.165) is 64.8 Å². The minimum Gasteiger partial charge on any atom is -0.476 e. The molecule has 0 unspecified atom stereocenters. The average molecular weight is 886 g/mol. The Balaban J connectivity index is 0.000000145. The van der Waals surface area contributed by atoms with Gasteiger partial charge in [0.2, 0.25) is 16.7 Å². The van der Waals surface area contributed by atoms with Gasteiger partial charge in [-0.3, -0.25) is 4.79 Å². The summed E-state index contributed by atoms with van der Waals surface area (Å²) in [4.78, 5) is 52.2. The third-order valence-electron chi connectivity index (χ3n) is 6.30. The molecule has 5 heterocycles. The van der Waals surface area contributed by atoms with Gasteiger partial charge in [-0.2, -0.15) is 18.7 Å². The number of aromatic nitrogens is 7. The van der Waals surface area contributed by atoms with Crippen LogP contribution < -0.4 is 11.5 Å². The Morgan fingerprint density at radius 1 is 0.691 bits per heavy atom. The second-order valence-electron chi connectivity index (χ2n) is 9.89. The Morgan fingerprint density at radius 3 is 1.53 bits per heavy atom. The minimum absolute atomic E-state index is 0.0142. The van der Waals surface area contributed by atoms with Crippen molar-refractivity contribution in [1.82, 2.24) is 33.7 Å². The van der Waals surface area contributed by atoms with Gasteiger partial charge < -0.3 is 26.5 Å². The van der Waals surface area contributed by atoms with Crippen LogP contribution in [0.5, 0.6) is 0 Å². The number of thioether (sulfide) groups is 1. The van der Waals surface area contributed by atoms with Crippen LogP contribution in [0.3, 0.4) is 0 Å². The third kappa shape index (κ3) is 10.8. The molecule has 0 aliphatic carbocycles. The van der Waals surface area contributed by atoms with E-state index in [1.807, 2.05) is 36.4 Å². The highest BCUT2D eigenvalue weighted by molar-refractivity contribution is 8.77. The van der Waals surface area contributed by atoms with Gasteiger partial charge in [-0.15, -0.1) is 34.0 Å². The number of para-hydroxylation sites is 3. The van der Waals surface area contributed by atoms with Crippen LogP contribution in [0, 0.1) is 0 Å². The first kappa shape index (κ1) is 40.0. The Hall–Kier alpha value is -4.66. The Labute approximate surface area is 342 Å². The zero-order chi connectivity index (χ0) is 38.7. The molecular weight excluding hydrogens is 863 g/mol. The molecule has 5 aromatic heterocycles. The van der Waals surface area contributed by atoms with Gasteiger partial charge in [0.25, 0.3) is 0 Å². The molecule has 8 rings (SSSR count). The first-order valence-corrected chi connectivity index (χ1v) is 22.0. The number of aliphatic imine (C=N–C) groups is 1. The van der Waals surface area contributed by atoms with Crippen molar-refractivity contribution in [3.63, 3.8) is 0 Å². The van der Waals surface area contributed by atoms with Crippen molar-refractivity contribution in [2.75, 3.05) is 25.3 Å². The summed E-state index contributed by atoms with van der Waals surface area (Å²) >= 11 is 7.67. The molecule has 0 spiro atoms. The molecule has 0 aliphatic heterocycles. The number of carboxylic acids is 1. The molecule has 0 radical (unpaired) electrons. The number of rotatable bonds is 10. The maximum atomic E-state index is 12.4. The van der Waals surface area contributed by atoms with Crippen molar-refractivity contribution in [2.24, 2.45) is 10.1 Å². The molecule has 0 atom stereocenters. The smallest absolute Gasteiger partial charge is 0.362 e. The zero-order valence-electron chi connectivity index (χ0n) is 27.7. The fourth-order valence-electron chi connectivity index (χ4n) is 4.09. The van der Waals surface area contributed by atoms with Crippen LogP contribution in [-0.2, 0) is 14.4 Å². The van der Waals surface area contributed by atoms with Crippen LogP contribution in [-0.4, -0.2) is 80.2 Å². The lowest BCUT2D eigenvalue weighted by Crippen LogP contribution is -2.16. The van der Waals surface area contributed by atoms with Gasteiger partial charge in [0, 0.05) is 23.1 Å². The quantitative estimate of drug-likeness (QED) is 0.0465. The highest BCUT2D eigenvalue weighted by atomic mass is 33.1. The second-order valence-corrected chi connectivity index (χ2v) is 18.4. The number of benzene rings is 3. The van der Waals surface area contributed by atoms with Crippen molar-refractivity contribution in [3.8, 4) is 0 Å². The summed E-state index contributed by atoms with van der Waals surface area (Å²) < 4.78 is 13.8. The molecule has 0 saturated heterocycles. The molecule has 0 aliphatic rings. The van der Waals surface area contributed by atoms with E-state index in [1.165, 1.54) is 27.8 Å². The number of nitrogens with zero attached hydrogens (tertiary/aromatic N) is 9. The Bertz CT molecular complexity index is 2460. The van der Waals surface area contributed by atoms with E-state index in [0.29, 0.717) is 4.34 Å². The molecule has 0 bridgehead atoms. The molecule has 280 valence electrons. The number of hydrogen-bond acceptors (Lipinski definition) is 23. The summed E-state index contributed by atoms with van der Waals surface area (Å²) in [5, 5.41) is 20.9. The first-order valence-electron chi connectivity index (χ1n) is 15.0. The molecule has 55 heavy (non-hydrogen) atoms. The molecule has 0 fully saturated rings. The topological polar surface area (TPSA) is 251 Å². The predicted molar refractivity (Wildman–Crippen MR) is 225 cm³/mol. The number of carbonyl (C=O) groups excluding carboxylic acids is 1. The van der Waals surface area contributed by atoms with E-state index in [4.69, 9.17) is 21.7 Å². The summed E-state index contributed by atoms with van der Waals surface area (Å²) in [5.41, 5.74) is 13.4. The Kier molecular flexibility index (Phi) is 14.0. The molecule has 16 nitrogen and oxygen atoms in total. The highest BCUT2D eigenvalue weighted by Gasteiger charge is 2.22. The number of hydrogen-bond donors (Lipinski definition) is 4. The standard InChI is InChI=1S/C14H8N2S4.C12H9N5O2S3.C5H6N4O3S/c1-3-7-11-9(5-1)15-13(17-11)19-20-14-16-10-6-2-4-8-12(10)18-14;13-11-16-9(17-22-11)8(14-5-18)10(19)21-12-15-6-3-1-2-4-7(6)20-12;1-12-8-2(4(10)11)3-7-5(6)13-9-3/h1-8H;1-4,18H,5H2,(H2,13,16,17);1H3,(H,10,11)(H2,6,7,9)/b;;8-2+. The largest absolute Gasteiger partial charge is 0.476 e. The van der Waals surface area contributed by atoms with Gasteiger partial charge in [0.15, 0.2) is 34.8 Å². The van der Waals surface area contributed by atoms with Crippen LogP contribution in [0.25, 0.3) is 30.6 Å². The van der Waals surface area contributed by atoms with E-state index >= 15 is 0 Å². The Morgan fingerprint density at radius 2 is 1.13 bits per heavy atom. The van der Waals surface area contributed by atoms with Gasteiger partial charge in [0.05, 0.1) is 30.6 Å². The fraction of sp³-hybridized carbons (Fsp3) is 0.0645. The van der Waals surface area contributed by atoms with Crippen LogP contribution in [0.15, 0.2) is 96.0 Å². The second kappa shape index (κ2) is 19.3. The van der Waals surface area contributed by atoms with E-state index in [2.05, 4.69) is 85.1 Å². The summed E-state index contributed by atoms with van der Waals surface area (Å²) in [7, 11) is 4.61. The predicted octanol–water partition coefficient (Wildman–Crippen LogP) is 7.05. The van der Waals surface area contributed by atoms with Crippen LogP contribution in [0.4, 0.5) is 10.3 Å². The first-order chi connectivity index (χ1) is 26.7. The molecule has 6 N–H and O–H groups in total. The summed E-state index contributed by atoms with van der Waals surface area (Å²) in [6.07, 6.45) is 0. The number of carbonyl (C=O) groups is 2. The average Bonchev–Trinajstić information content (AvgIpc) is 4.02. The maximum absolute atomic E-state index is 12.4. The number of aliphatic carboxylic acids is 1. The number of fused-ring (bicyclic) bond motifs is 3. The maximum Gasteiger partial charge on any atom is 0.362 e. The zero-order valence-corrected chi connectivity index (χ0v) is 34.2. The van der Waals surface area contributed by atoms with Gasteiger partial charge >= 0.3 is 5.97 Å². The fourth-order valence-corrected chi connectivity index (χ4v) is 11.4. The lowest BCUT2D eigenvalue weighted by molar-refractivity contribution is -0.129. The number of nitrogens with two attached hydrogens (primary N) is 2. The van der Waals surface area contributed by atoms with Crippen molar-refractivity contribution < 1.29 is 24.6 Å². The van der Waals surface area contributed by atoms with E-state index < -0.39 is 12.7 Å². The van der Waals surface area contributed by atoms with Crippen molar-refractivity contribution in [1.29, 1.82) is 0 Å². The summed E-state index contributed by atoms with van der Waals surface area (Å²) in [5.74, 6) is -1.19. The van der Waals surface area contributed by atoms with Crippen molar-refractivity contribution >= 4 is 154 Å². The van der Waals surface area contributed by atoms with Gasteiger partial charge in [-0.25, -0.2) is 24.7 Å². The van der Waals surface area contributed by atoms with Crippen LogP contribution in [0.2, 0.25) is 0 Å². The lowest BCUT2D eigenvalue weighted by Gasteiger charge is -1.98. The van der Waals surface area contributed by atoms with E-state index in [1.54, 1.807) is 44.3 Å². The third-order valence-corrected chi connectivity index (χ3v) is 14.4. The van der Waals surface area contributed by atoms with Crippen molar-refractivity contribution in [2.45, 2.75) is 13.0 Å². The van der Waals surface area contributed by atoms with E-state index in [9.17, 15) is 9.59 Å².